The molecule has 10 rings (SSSR count). The lowest BCUT2D eigenvalue weighted by molar-refractivity contribution is -0.164. The lowest BCUT2D eigenvalue weighted by atomic mass is 9.66. The molecule has 0 aromatic heterocycles. The Balaban J connectivity index is 1.07. The van der Waals surface area contributed by atoms with Crippen molar-refractivity contribution >= 4 is 23.9 Å². The SMILES string of the molecule is CC1(C)[C@]2(COC(=O)c3cc4ccc3CCc3ccc(c(C(=O)OC[C@@]56CC[C@@](C)(C(=O)O5)C6(C)C)c3)CC4)CC[C@@]1(C)C(=O)O2. The highest BCUT2D eigenvalue weighted by molar-refractivity contribution is 5.92. The van der Waals surface area contributed by atoms with Crippen LogP contribution in [0.25, 0.3) is 0 Å². The molecule has 2 aliphatic heterocycles. The summed E-state index contributed by atoms with van der Waals surface area (Å²) in [5, 5.41) is 0. The molecule has 8 heteroatoms. The molecule has 46 heavy (non-hydrogen) atoms. The van der Waals surface area contributed by atoms with Crippen LogP contribution in [-0.2, 0) is 54.2 Å². The van der Waals surface area contributed by atoms with Crippen molar-refractivity contribution in [3.63, 3.8) is 0 Å². The lowest BCUT2D eigenvalue weighted by Crippen LogP contribution is -2.45. The molecule has 2 aromatic carbocycles. The zero-order valence-electron chi connectivity index (χ0n) is 27.8. The molecule has 8 aliphatic rings. The topological polar surface area (TPSA) is 105 Å². The van der Waals surface area contributed by atoms with Gasteiger partial charge in [-0.1, -0.05) is 52.0 Å². The summed E-state index contributed by atoms with van der Waals surface area (Å²) in [4.78, 5) is 52.6. The predicted molar refractivity (Wildman–Crippen MR) is 168 cm³/mol. The van der Waals surface area contributed by atoms with Crippen LogP contribution in [-0.4, -0.2) is 48.3 Å². The van der Waals surface area contributed by atoms with Gasteiger partial charge in [0.05, 0.1) is 22.0 Å². The summed E-state index contributed by atoms with van der Waals surface area (Å²) in [6.45, 7) is 12.1. The molecule has 8 bridgehead atoms. The molecule has 4 atom stereocenters. The number of fused-ring (bicyclic) bond motifs is 4. The Labute approximate surface area is 270 Å². The predicted octanol–water partition coefficient (Wildman–Crippen LogP) is 6.13. The van der Waals surface area contributed by atoms with Crippen molar-refractivity contribution in [2.75, 3.05) is 13.2 Å². The number of ether oxygens (including phenoxy) is 4. The molecule has 2 saturated heterocycles. The zero-order valence-corrected chi connectivity index (χ0v) is 27.8. The van der Waals surface area contributed by atoms with Crippen LogP contribution in [0.5, 0.6) is 0 Å². The number of rotatable bonds is 6. The van der Waals surface area contributed by atoms with Crippen LogP contribution in [0, 0.1) is 21.7 Å². The number of esters is 4. The van der Waals surface area contributed by atoms with E-state index in [0.717, 1.165) is 35.1 Å². The van der Waals surface area contributed by atoms with Crippen molar-refractivity contribution < 1.29 is 38.1 Å². The van der Waals surface area contributed by atoms with E-state index in [1.807, 2.05) is 77.9 Å². The Morgan fingerprint density at radius 1 is 0.609 bits per heavy atom. The second-order valence-corrected chi connectivity index (χ2v) is 15.8. The van der Waals surface area contributed by atoms with Gasteiger partial charge in [-0.25, -0.2) is 9.59 Å². The van der Waals surface area contributed by atoms with E-state index in [1.165, 1.54) is 0 Å². The molecule has 244 valence electrons. The molecule has 2 saturated carbocycles. The Hall–Kier alpha value is -3.68. The Bertz CT molecular complexity index is 1560. The van der Waals surface area contributed by atoms with Crippen molar-refractivity contribution in [3.8, 4) is 0 Å². The van der Waals surface area contributed by atoms with Crippen LogP contribution in [0.15, 0.2) is 36.4 Å². The fraction of sp³-hybridized carbons (Fsp3) is 0.579. The van der Waals surface area contributed by atoms with E-state index in [1.54, 1.807) is 0 Å². The number of hydrogen-bond donors (Lipinski definition) is 0. The number of hydrogen-bond acceptors (Lipinski definition) is 8. The van der Waals surface area contributed by atoms with E-state index in [4.69, 9.17) is 18.9 Å². The Kier molecular flexibility index (Phi) is 6.67. The van der Waals surface area contributed by atoms with Crippen LogP contribution in [0.1, 0.15) is 110 Å². The fourth-order valence-corrected chi connectivity index (χ4v) is 8.83. The van der Waals surface area contributed by atoms with Crippen molar-refractivity contribution in [1.82, 2.24) is 0 Å². The van der Waals surface area contributed by atoms with Crippen molar-refractivity contribution in [3.05, 3.63) is 69.8 Å². The summed E-state index contributed by atoms with van der Waals surface area (Å²) in [5.74, 6) is -1.24. The van der Waals surface area contributed by atoms with Gasteiger partial charge in [-0.05, 0) is 99.6 Å². The van der Waals surface area contributed by atoms with Gasteiger partial charge in [0.1, 0.15) is 13.2 Å². The number of aryl methyl sites for hydroxylation is 4. The van der Waals surface area contributed by atoms with Gasteiger partial charge in [0.15, 0.2) is 11.2 Å². The van der Waals surface area contributed by atoms with Crippen LogP contribution in [0.2, 0.25) is 0 Å². The highest BCUT2D eigenvalue weighted by atomic mass is 16.6. The number of benzene rings is 2. The van der Waals surface area contributed by atoms with E-state index >= 15 is 0 Å². The monoisotopic (exact) mass is 628 g/mol. The van der Waals surface area contributed by atoms with E-state index < -0.39 is 44.8 Å². The first-order valence-electron chi connectivity index (χ1n) is 16.6. The molecule has 0 amide bonds. The van der Waals surface area contributed by atoms with Gasteiger partial charge >= 0.3 is 23.9 Å². The molecular weight excluding hydrogens is 584 g/mol. The minimum atomic E-state index is -0.814. The third-order valence-electron chi connectivity index (χ3n) is 13.6. The van der Waals surface area contributed by atoms with E-state index in [9.17, 15) is 19.2 Å². The largest absolute Gasteiger partial charge is 0.458 e. The molecule has 0 radical (unpaired) electrons. The third kappa shape index (κ3) is 4.03. The lowest BCUT2D eigenvalue weighted by Gasteiger charge is -2.36. The minimum absolute atomic E-state index is 0.0347. The normalized spacial score (nSPS) is 32.9. The van der Waals surface area contributed by atoms with Gasteiger partial charge in [0.25, 0.3) is 0 Å². The second-order valence-electron chi connectivity index (χ2n) is 15.8. The molecular formula is C38H44O8. The minimum Gasteiger partial charge on any atom is -0.458 e. The Morgan fingerprint density at radius 3 is 1.33 bits per heavy atom. The summed E-state index contributed by atoms with van der Waals surface area (Å²) in [6, 6.07) is 11.9. The first-order valence-corrected chi connectivity index (χ1v) is 16.6. The molecule has 8 nitrogen and oxygen atoms in total. The average Bonchev–Trinajstić information content (AvgIpc) is 3.46. The first-order chi connectivity index (χ1) is 21.6. The van der Waals surface area contributed by atoms with Crippen molar-refractivity contribution in [2.45, 2.75) is 104 Å². The van der Waals surface area contributed by atoms with Crippen LogP contribution in [0.3, 0.4) is 0 Å². The van der Waals surface area contributed by atoms with Gasteiger partial charge in [-0.2, -0.15) is 0 Å². The highest BCUT2D eigenvalue weighted by Crippen LogP contribution is 2.66. The number of carbonyl (C=O) groups excluding carboxylic acids is 4. The van der Waals surface area contributed by atoms with Gasteiger partial charge in [-0.3, -0.25) is 9.59 Å². The maximum absolute atomic E-state index is 13.6. The van der Waals surface area contributed by atoms with Crippen LogP contribution in [0.4, 0.5) is 0 Å². The molecule has 2 aromatic rings. The quantitative estimate of drug-likeness (QED) is 0.278. The molecule has 6 aliphatic carbocycles. The van der Waals surface area contributed by atoms with Gasteiger partial charge in [0, 0.05) is 10.8 Å². The maximum atomic E-state index is 13.6. The second kappa shape index (κ2) is 9.91. The van der Waals surface area contributed by atoms with E-state index in [2.05, 4.69) is 0 Å². The third-order valence-corrected chi connectivity index (χ3v) is 13.6. The van der Waals surface area contributed by atoms with Crippen molar-refractivity contribution in [2.24, 2.45) is 21.7 Å². The molecule has 0 spiro atoms. The first kappa shape index (κ1) is 30.9. The number of carbonyl (C=O) groups is 4. The van der Waals surface area contributed by atoms with Gasteiger partial charge in [0.2, 0.25) is 0 Å². The van der Waals surface area contributed by atoms with E-state index in [-0.39, 0.29) is 25.2 Å². The highest BCUT2D eigenvalue weighted by Gasteiger charge is 2.74. The zero-order chi connectivity index (χ0) is 32.9. The van der Waals surface area contributed by atoms with Crippen LogP contribution >= 0.6 is 0 Å². The summed E-state index contributed by atoms with van der Waals surface area (Å²) >= 11 is 0. The summed E-state index contributed by atoms with van der Waals surface area (Å²) in [5.41, 5.74) is 1.05. The van der Waals surface area contributed by atoms with Crippen molar-refractivity contribution in [1.29, 1.82) is 0 Å². The fourth-order valence-electron chi connectivity index (χ4n) is 8.83. The van der Waals surface area contributed by atoms with E-state index in [0.29, 0.717) is 49.7 Å². The summed E-state index contributed by atoms with van der Waals surface area (Å²) in [6.07, 6.45) is 5.16. The smallest absolute Gasteiger partial charge is 0.338 e. The standard InChI is InChI=1S/C38H44O8/c1-33(2)35(5)15-17-37(33,45-31(35)41)21-43-29(39)27-19-23-7-11-25(27)13-9-24-8-12-26(14-10-23)28(20-24)30(40)44-22-38-18-16-36(6,32(42)46-38)34(38,3)4/h7-8,11-12,19-20H,9-10,13-18,21-22H2,1-6H3/t35-,36-,37+,38+/m0/s1. The summed E-state index contributed by atoms with van der Waals surface area (Å²) in [7, 11) is 0. The van der Waals surface area contributed by atoms with Crippen LogP contribution < -0.4 is 0 Å². The maximum Gasteiger partial charge on any atom is 0.338 e. The van der Waals surface area contributed by atoms with Gasteiger partial charge in [-0.15, -0.1) is 0 Å². The Morgan fingerprint density at radius 2 is 1.00 bits per heavy atom. The summed E-state index contributed by atoms with van der Waals surface area (Å²) < 4.78 is 23.6. The molecule has 4 fully saturated rings. The molecule has 2 heterocycles. The molecule has 0 unspecified atom stereocenters. The average molecular weight is 629 g/mol. The van der Waals surface area contributed by atoms with Gasteiger partial charge < -0.3 is 18.9 Å². The molecule has 0 N–H and O–H groups in total.